The number of carbonyl (C=O) groups is 1. The van der Waals surface area contributed by atoms with Crippen LogP contribution in [0.5, 0.6) is 0 Å². The van der Waals surface area contributed by atoms with E-state index in [0.717, 1.165) is 19.3 Å². The van der Waals surface area contributed by atoms with Crippen molar-refractivity contribution >= 4 is 5.78 Å². The van der Waals surface area contributed by atoms with Crippen LogP contribution >= 0.6 is 0 Å². The monoisotopic (exact) mass is 190 g/mol. The van der Waals surface area contributed by atoms with Gasteiger partial charge in [0, 0.05) is 6.42 Å². The van der Waals surface area contributed by atoms with Crippen LogP contribution in [0.2, 0.25) is 0 Å². The molecule has 14 heavy (non-hydrogen) atoms. The van der Waals surface area contributed by atoms with Gasteiger partial charge in [-0.15, -0.1) is 0 Å². The maximum absolute atomic E-state index is 10.8. The largest absolute Gasteiger partial charge is 0.300 e. The number of aryl methyl sites for hydroxylation is 2. The van der Waals surface area contributed by atoms with Gasteiger partial charge in [-0.25, -0.2) is 0 Å². The molecule has 0 spiro atoms. The highest BCUT2D eigenvalue weighted by atomic mass is 16.1. The van der Waals surface area contributed by atoms with Gasteiger partial charge in [-0.05, 0) is 37.3 Å². The number of ketones is 1. The summed E-state index contributed by atoms with van der Waals surface area (Å²) in [5, 5.41) is 0. The minimum atomic E-state index is 0.291. The first-order valence-electron chi connectivity index (χ1n) is 5.30. The molecule has 1 nitrogen and oxygen atoms in total. The zero-order valence-electron chi connectivity index (χ0n) is 9.05. The highest BCUT2D eigenvalue weighted by molar-refractivity contribution is 5.75. The number of hydrogen-bond donors (Lipinski definition) is 0. The number of benzene rings is 1. The average Bonchev–Trinajstić information content (AvgIpc) is 2.18. The van der Waals surface area contributed by atoms with E-state index < -0.39 is 0 Å². The first-order valence-corrected chi connectivity index (χ1v) is 5.30. The molecule has 0 N–H and O–H groups in total. The molecule has 0 aliphatic rings. The van der Waals surface area contributed by atoms with Crippen molar-refractivity contribution in [1.82, 2.24) is 0 Å². The van der Waals surface area contributed by atoms with E-state index in [1.165, 1.54) is 11.1 Å². The SMILES string of the molecule is CCc1ccccc1CCCC(C)=O. The van der Waals surface area contributed by atoms with Crippen LogP contribution in [0.3, 0.4) is 0 Å². The molecule has 1 heteroatoms. The predicted molar refractivity (Wildman–Crippen MR) is 59.4 cm³/mol. The van der Waals surface area contributed by atoms with Gasteiger partial charge in [0.15, 0.2) is 0 Å². The fraction of sp³-hybridized carbons (Fsp3) is 0.462. The summed E-state index contributed by atoms with van der Waals surface area (Å²) in [4.78, 5) is 10.8. The molecule has 1 aromatic carbocycles. The molecule has 1 aromatic rings. The average molecular weight is 190 g/mol. The molecule has 0 aliphatic heterocycles. The summed E-state index contributed by atoms with van der Waals surface area (Å²) in [6.07, 6.45) is 3.80. The Kier molecular flexibility index (Phi) is 4.37. The van der Waals surface area contributed by atoms with Crippen LogP contribution < -0.4 is 0 Å². The van der Waals surface area contributed by atoms with E-state index in [1.54, 1.807) is 6.92 Å². The third-order valence-corrected chi connectivity index (χ3v) is 2.47. The van der Waals surface area contributed by atoms with Gasteiger partial charge in [0.1, 0.15) is 5.78 Å². The van der Waals surface area contributed by atoms with Crippen LogP contribution in [-0.2, 0) is 17.6 Å². The second-order valence-electron chi connectivity index (χ2n) is 3.68. The number of carbonyl (C=O) groups excluding carboxylic acids is 1. The fourth-order valence-electron chi connectivity index (χ4n) is 1.67. The molecule has 0 aliphatic carbocycles. The molecular formula is C13H18O. The molecule has 0 unspecified atom stereocenters. The van der Waals surface area contributed by atoms with Crippen molar-refractivity contribution in [2.45, 2.75) is 39.5 Å². The summed E-state index contributed by atoms with van der Waals surface area (Å²) in [6.45, 7) is 3.83. The lowest BCUT2D eigenvalue weighted by Crippen LogP contribution is -1.95. The molecule has 1 rings (SSSR count). The standard InChI is InChI=1S/C13H18O/c1-3-12-8-4-5-9-13(12)10-6-7-11(2)14/h4-5,8-9H,3,6-7,10H2,1-2H3. The van der Waals surface area contributed by atoms with Crippen molar-refractivity contribution in [2.75, 3.05) is 0 Å². The number of hydrogen-bond acceptors (Lipinski definition) is 1. The Morgan fingerprint density at radius 2 is 1.86 bits per heavy atom. The molecule has 0 bridgehead atoms. The van der Waals surface area contributed by atoms with Crippen molar-refractivity contribution in [3.8, 4) is 0 Å². The van der Waals surface area contributed by atoms with Gasteiger partial charge in [0.05, 0.1) is 0 Å². The van der Waals surface area contributed by atoms with Gasteiger partial charge in [0.25, 0.3) is 0 Å². The molecular weight excluding hydrogens is 172 g/mol. The highest BCUT2D eigenvalue weighted by Gasteiger charge is 2.00. The van der Waals surface area contributed by atoms with E-state index in [0.29, 0.717) is 12.2 Å². The summed E-state index contributed by atoms with van der Waals surface area (Å²) in [6, 6.07) is 8.48. The maximum atomic E-state index is 10.8. The first-order chi connectivity index (χ1) is 6.74. The van der Waals surface area contributed by atoms with Crippen LogP contribution in [0, 0.1) is 0 Å². The topological polar surface area (TPSA) is 17.1 Å². The van der Waals surface area contributed by atoms with Crippen LogP contribution in [0.1, 0.15) is 37.8 Å². The Balaban J connectivity index is 2.53. The molecule has 0 aromatic heterocycles. The smallest absolute Gasteiger partial charge is 0.129 e. The lowest BCUT2D eigenvalue weighted by molar-refractivity contribution is -0.117. The normalized spacial score (nSPS) is 10.1. The van der Waals surface area contributed by atoms with Crippen LogP contribution in [-0.4, -0.2) is 5.78 Å². The van der Waals surface area contributed by atoms with E-state index in [1.807, 2.05) is 0 Å². The van der Waals surface area contributed by atoms with Crippen molar-refractivity contribution < 1.29 is 4.79 Å². The molecule has 0 atom stereocenters. The van der Waals surface area contributed by atoms with Gasteiger partial charge in [-0.1, -0.05) is 31.2 Å². The van der Waals surface area contributed by atoms with Crippen molar-refractivity contribution in [3.05, 3.63) is 35.4 Å². The molecule has 0 fully saturated rings. The Hall–Kier alpha value is -1.11. The quantitative estimate of drug-likeness (QED) is 0.697. The van der Waals surface area contributed by atoms with Crippen LogP contribution in [0.25, 0.3) is 0 Å². The fourth-order valence-corrected chi connectivity index (χ4v) is 1.67. The first kappa shape index (κ1) is 11.0. The van der Waals surface area contributed by atoms with Crippen molar-refractivity contribution in [2.24, 2.45) is 0 Å². The highest BCUT2D eigenvalue weighted by Crippen LogP contribution is 2.12. The van der Waals surface area contributed by atoms with Crippen molar-refractivity contribution in [3.63, 3.8) is 0 Å². The Morgan fingerprint density at radius 3 is 2.43 bits per heavy atom. The third kappa shape index (κ3) is 3.33. The minimum absolute atomic E-state index is 0.291. The number of rotatable bonds is 5. The summed E-state index contributed by atoms with van der Waals surface area (Å²) in [5.41, 5.74) is 2.81. The Bertz CT molecular complexity index is 302. The summed E-state index contributed by atoms with van der Waals surface area (Å²) >= 11 is 0. The molecule has 76 valence electrons. The lowest BCUT2D eigenvalue weighted by atomic mass is 10.00. The van der Waals surface area contributed by atoms with Gasteiger partial charge in [-0.2, -0.15) is 0 Å². The molecule has 0 saturated heterocycles. The summed E-state index contributed by atoms with van der Waals surface area (Å²) in [5.74, 6) is 0.291. The minimum Gasteiger partial charge on any atom is -0.300 e. The second-order valence-corrected chi connectivity index (χ2v) is 3.68. The molecule has 0 saturated carbocycles. The maximum Gasteiger partial charge on any atom is 0.129 e. The summed E-state index contributed by atoms with van der Waals surface area (Å²) < 4.78 is 0. The van der Waals surface area contributed by atoms with E-state index in [-0.39, 0.29) is 0 Å². The van der Waals surface area contributed by atoms with E-state index in [9.17, 15) is 4.79 Å². The Labute approximate surface area is 86.1 Å². The number of Topliss-reactive ketones (excluding diaryl/α,β-unsaturated/α-hetero) is 1. The molecule has 0 radical (unpaired) electrons. The lowest BCUT2D eigenvalue weighted by Gasteiger charge is -2.06. The zero-order chi connectivity index (χ0) is 10.4. The molecule has 0 amide bonds. The van der Waals surface area contributed by atoms with Gasteiger partial charge < -0.3 is 4.79 Å². The summed E-state index contributed by atoms with van der Waals surface area (Å²) in [7, 11) is 0. The van der Waals surface area contributed by atoms with E-state index in [2.05, 4.69) is 31.2 Å². The zero-order valence-corrected chi connectivity index (χ0v) is 9.05. The van der Waals surface area contributed by atoms with Crippen LogP contribution in [0.4, 0.5) is 0 Å². The van der Waals surface area contributed by atoms with E-state index >= 15 is 0 Å². The predicted octanol–water partition coefficient (Wildman–Crippen LogP) is 3.16. The van der Waals surface area contributed by atoms with Gasteiger partial charge in [-0.3, -0.25) is 0 Å². The second kappa shape index (κ2) is 5.58. The van der Waals surface area contributed by atoms with Crippen LogP contribution in [0.15, 0.2) is 24.3 Å². The van der Waals surface area contributed by atoms with Crippen molar-refractivity contribution in [1.29, 1.82) is 0 Å². The van der Waals surface area contributed by atoms with Gasteiger partial charge >= 0.3 is 0 Å². The third-order valence-electron chi connectivity index (χ3n) is 2.47. The Morgan fingerprint density at radius 1 is 1.21 bits per heavy atom. The van der Waals surface area contributed by atoms with Gasteiger partial charge in [0.2, 0.25) is 0 Å². The molecule has 0 heterocycles. The van der Waals surface area contributed by atoms with E-state index in [4.69, 9.17) is 0 Å².